The molecule has 1 saturated heterocycles. The summed E-state index contributed by atoms with van der Waals surface area (Å²) >= 11 is 0. The molecule has 0 saturated carbocycles. The molecule has 0 aromatic heterocycles. The lowest BCUT2D eigenvalue weighted by Gasteiger charge is -2.25. The molecule has 0 unspecified atom stereocenters. The predicted octanol–water partition coefficient (Wildman–Crippen LogP) is -3.61. The van der Waals surface area contributed by atoms with Crippen molar-refractivity contribution in [3.63, 3.8) is 0 Å². The number of hydrogen-bond donors (Lipinski definition) is 6. The molecule has 0 aromatic rings. The van der Waals surface area contributed by atoms with Gasteiger partial charge in [-0.25, -0.2) is 0 Å². The van der Waals surface area contributed by atoms with Gasteiger partial charge < -0.3 is 30.8 Å². The highest BCUT2D eigenvalue weighted by atomic mass is 16.4. The Labute approximate surface area is 75.4 Å². The molecular weight excluding hydrogens is 178 g/mol. The molecule has 78 valence electrons. The summed E-state index contributed by atoms with van der Waals surface area (Å²) in [6, 6.07) is -0.794. The van der Waals surface area contributed by atoms with Gasteiger partial charge in [0, 0.05) is 6.54 Å². The maximum atomic E-state index is 9.36. The van der Waals surface area contributed by atoms with Crippen LogP contribution < -0.4 is 5.32 Å². The molecule has 13 heavy (non-hydrogen) atoms. The predicted molar refractivity (Wildman–Crippen MR) is 42.9 cm³/mol. The van der Waals surface area contributed by atoms with Crippen LogP contribution in [0.25, 0.3) is 0 Å². The van der Waals surface area contributed by atoms with Crippen molar-refractivity contribution in [2.45, 2.75) is 30.5 Å². The molecule has 1 aliphatic rings. The summed E-state index contributed by atoms with van der Waals surface area (Å²) in [5.74, 6) is 0. The van der Waals surface area contributed by atoms with E-state index in [0.717, 1.165) is 0 Å². The molecule has 0 bridgehead atoms. The van der Waals surface area contributed by atoms with Gasteiger partial charge in [0.2, 0.25) is 0 Å². The maximum Gasteiger partial charge on any atom is 0.105 e. The van der Waals surface area contributed by atoms with Crippen molar-refractivity contribution in [1.82, 2.24) is 5.32 Å². The summed E-state index contributed by atoms with van der Waals surface area (Å²) in [5, 5.41) is 48.0. The van der Waals surface area contributed by atoms with Gasteiger partial charge in [-0.1, -0.05) is 0 Å². The van der Waals surface area contributed by atoms with Crippen LogP contribution in [0.5, 0.6) is 0 Å². The zero-order chi connectivity index (χ0) is 10.0. The lowest BCUT2D eigenvalue weighted by Crippen LogP contribution is -2.50. The van der Waals surface area contributed by atoms with Crippen LogP contribution in [0, 0.1) is 0 Å². The second-order valence-electron chi connectivity index (χ2n) is 3.23. The molecule has 0 radical (unpaired) electrons. The van der Waals surface area contributed by atoms with E-state index in [1.165, 1.54) is 0 Å². The summed E-state index contributed by atoms with van der Waals surface area (Å²) in [4.78, 5) is 0. The Morgan fingerprint density at radius 3 is 2.31 bits per heavy atom. The van der Waals surface area contributed by atoms with Gasteiger partial charge in [-0.15, -0.1) is 0 Å². The van der Waals surface area contributed by atoms with E-state index in [2.05, 4.69) is 5.32 Å². The Hall–Kier alpha value is -0.240. The average molecular weight is 193 g/mol. The van der Waals surface area contributed by atoms with E-state index in [1.807, 2.05) is 0 Å². The molecule has 0 aliphatic carbocycles. The SMILES string of the molecule is OC[C@@H](O)[C@H](O)[C@@H]1NC[C@@H](O)[C@H]1O. The summed E-state index contributed by atoms with van der Waals surface area (Å²) in [6.07, 6.45) is -4.64. The highest BCUT2D eigenvalue weighted by molar-refractivity contribution is 4.96. The van der Waals surface area contributed by atoms with Crippen molar-refractivity contribution in [3.05, 3.63) is 0 Å². The van der Waals surface area contributed by atoms with Crippen LogP contribution in [0.2, 0.25) is 0 Å². The van der Waals surface area contributed by atoms with Gasteiger partial charge in [-0.05, 0) is 0 Å². The fraction of sp³-hybridized carbons (Fsp3) is 1.00. The van der Waals surface area contributed by atoms with Crippen LogP contribution in [-0.2, 0) is 0 Å². The first-order valence-electron chi connectivity index (χ1n) is 4.14. The first-order chi connectivity index (χ1) is 6.07. The molecular formula is C7H15NO5. The average Bonchev–Trinajstić information content (AvgIpc) is 2.45. The second kappa shape index (κ2) is 4.32. The molecule has 6 heteroatoms. The quantitative estimate of drug-likeness (QED) is 0.276. The number of β-amino-alcohol motifs (C(OH)–C–C–N with tert-alkyl or cyclic N) is 1. The van der Waals surface area contributed by atoms with Gasteiger partial charge in [-0.2, -0.15) is 0 Å². The number of nitrogens with one attached hydrogen (secondary N) is 1. The third-order valence-electron chi connectivity index (χ3n) is 2.27. The normalized spacial score (nSPS) is 39.0. The van der Waals surface area contributed by atoms with Crippen LogP contribution >= 0.6 is 0 Å². The van der Waals surface area contributed by atoms with Crippen molar-refractivity contribution in [2.24, 2.45) is 0 Å². The molecule has 1 fully saturated rings. The zero-order valence-corrected chi connectivity index (χ0v) is 7.04. The van der Waals surface area contributed by atoms with E-state index in [4.69, 9.17) is 15.3 Å². The summed E-state index contributed by atoms with van der Waals surface area (Å²) in [6.45, 7) is -0.413. The van der Waals surface area contributed by atoms with Crippen molar-refractivity contribution in [2.75, 3.05) is 13.2 Å². The van der Waals surface area contributed by atoms with Crippen molar-refractivity contribution in [1.29, 1.82) is 0 Å². The number of aliphatic hydroxyl groups is 5. The Kier molecular flexibility index (Phi) is 3.60. The Bertz CT molecular complexity index is 167. The van der Waals surface area contributed by atoms with Crippen LogP contribution in [0.15, 0.2) is 0 Å². The van der Waals surface area contributed by atoms with E-state index in [0.29, 0.717) is 0 Å². The molecule has 5 atom stereocenters. The standard InChI is InChI=1S/C7H15NO5/c9-2-4(11)7(13)5-6(12)3(10)1-8-5/h3-13H,1-2H2/t3-,4-,5-,6-,7+/m1/s1. The van der Waals surface area contributed by atoms with E-state index >= 15 is 0 Å². The number of rotatable bonds is 3. The highest BCUT2D eigenvalue weighted by Gasteiger charge is 2.39. The molecule has 1 rings (SSSR count). The van der Waals surface area contributed by atoms with Crippen molar-refractivity contribution >= 4 is 0 Å². The van der Waals surface area contributed by atoms with Crippen molar-refractivity contribution in [3.8, 4) is 0 Å². The van der Waals surface area contributed by atoms with Gasteiger partial charge in [0.25, 0.3) is 0 Å². The van der Waals surface area contributed by atoms with Crippen LogP contribution in [0.3, 0.4) is 0 Å². The van der Waals surface area contributed by atoms with Crippen LogP contribution in [0.4, 0.5) is 0 Å². The Morgan fingerprint density at radius 2 is 1.92 bits per heavy atom. The molecule has 1 aliphatic heterocycles. The molecule has 6 N–H and O–H groups in total. The minimum absolute atomic E-state index is 0.168. The summed E-state index contributed by atoms with van der Waals surface area (Å²) < 4.78 is 0. The summed E-state index contributed by atoms with van der Waals surface area (Å²) in [5.41, 5.74) is 0. The van der Waals surface area contributed by atoms with E-state index in [-0.39, 0.29) is 6.54 Å². The van der Waals surface area contributed by atoms with E-state index in [9.17, 15) is 10.2 Å². The fourth-order valence-electron chi connectivity index (χ4n) is 1.41. The third kappa shape index (κ3) is 2.16. The van der Waals surface area contributed by atoms with Crippen molar-refractivity contribution < 1.29 is 25.5 Å². The zero-order valence-electron chi connectivity index (χ0n) is 7.04. The minimum Gasteiger partial charge on any atom is -0.394 e. The van der Waals surface area contributed by atoms with Gasteiger partial charge in [0.15, 0.2) is 0 Å². The first-order valence-corrected chi connectivity index (χ1v) is 4.14. The van der Waals surface area contributed by atoms with E-state index in [1.54, 1.807) is 0 Å². The van der Waals surface area contributed by atoms with Crippen LogP contribution in [-0.4, -0.2) is 69.1 Å². The highest BCUT2D eigenvalue weighted by Crippen LogP contribution is 2.13. The first kappa shape index (κ1) is 10.8. The topological polar surface area (TPSA) is 113 Å². The van der Waals surface area contributed by atoms with Gasteiger partial charge in [0.05, 0.1) is 24.9 Å². The lowest BCUT2D eigenvalue weighted by molar-refractivity contribution is -0.0593. The third-order valence-corrected chi connectivity index (χ3v) is 2.27. The monoisotopic (exact) mass is 193 g/mol. The largest absolute Gasteiger partial charge is 0.394 e. The molecule has 0 aromatic carbocycles. The lowest BCUT2D eigenvalue weighted by atomic mass is 10.0. The molecule has 6 nitrogen and oxygen atoms in total. The maximum absolute atomic E-state index is 9.36. The smallest absolute Gasteiger partial charge is 0.105 e. The number of aliphatic hydroxyl groups excluding tert-OH is 5. The molecule has 0 spiro atoms. The minimum atomic E-state index is -1.31. The van der Waals surface area contributed by atoms with Gasteiger partial charge >= 0.3 is 0 Å². The van der Waals surface area contributed by atoms with Gasteiger partial charge in [0.1, 0.15) is 12.2 Å². The number of hydrogen-bond acceptors (Lipinski definition) is 6. The van der Waals surface area contributed by atoms with Gasteiger partial charge in [-0.3, -0.25) is 0 Å². The fourth-order valence-corrected chi connectivity index (χ4v) is 1.41. The summed E-state index contributed by atoms with van der Waals surface area (Å²) in [7, 11) is 0. The molecule has 1 heterocycles. The second-order valence-corrected chi connectivity index (χ2v) is 3.23. The van der Waals surface area contributed by atoms with Crippen LogP contribution in [0.1, 0.15) is 0 Å². The van der Waals surface area contributed by atoms with E-state index < -0.39 is 37.1 Å². The Balaban J connectivity index is 2.52. The molecule has 0 amide bonds. The Morgan fingerprint density at radius 1 is 1.31 bits per heavy atom.